The second-order valence-corrected chi connectivity index (χ2v) is 6.13. The molecule has 1 atom stereocenters. The fraction of sp³-hybridized carbons (Fsp3) is 0.688. The Morgan fingerprint density at radius 2 is 1.67 bits per heavy atom. The molecule has 0 saturated heterocycles. The molecule has 0 aliphatic heterocycles. The van der Waals surface area contributed by atoms with Crippen molar-refractivity contribution < 1.29 is 0 Å². The molecule has 0 radical (unpaired) electrons. The van der Waals surface area contributed by atoms with Crippen LogP contribution in [0.2, 0.25) is 0 Å². The van der Waals surface area contributed by atoms with Gasteiger partial charge in [0.2, 0.25) is 0 Å². The van der Waals surface area contributed by atoms with E-state index in [-0.39, 0.29) is 0 Å². The van der Waals surface area contributed by atoms with E-state index in [1.807, 2.05) is 18.5 Å². The molecular formula is C16H28N2. The predicted octanol–water partition coefficient (Wildman–Crippen LogP) is 4.19. The molecule has 1 N–H and O–H groups in total. The average molecular weight is 248 g/mol. The van der Waals surface area contributed by atoms with Gasteiger partial charge in [-0.15, -0.1) is 0 Å². The largest absolute Gasteiger partial charge is 0.307 e. The lowest BCUT2D eigenvalue weighted by Crippen LogP contribution is -2.34. The van der Waals surface area contributed by atoms with Crippen LogP contribution in [-0.4, -0.2) is 11.0 Å². The highest BCUT2D eigenvalue weighted by Crippen LogP contribution is 2.18. The topological polar surface area (TPSA) is 24.9 Å². The quantitative estimate of drug-likeness (QED) is 0.782. The van der Waals surface area contributed by atoms with Crippen LogP contribution in [0.25, 0.3) is 0 Å². The summed E-state index contributed by atoms with van der Waals surface area (Å²) in [6.45, 7) is 11.4. The zero-order chi connectivity index (χ0) is 13.5. The van der Waals surface area contributed by atoms with Crippen LogP contribution in [0.15, 0.2) is 24.5 Å². The first-order chi connectivity index (χ1) is 8.49. The SMILES string of the molecule is CC(C)CC(CC(C)C)N[C@@H](C)c1cccnc1. The molecule has 0 unspecified atom stereocenters. The first-order valence-electron chi connectivity index (χ1n) is 7.15. The highest BCUT2D eigenvalue weighted by Gasteiger charge is 2.16. The third kappa shape index (κ3) is 5.63. The summed E-state index contributed by atoms with van der Waals surface area (Å²) in [5.74, 6) is 1.48. The van der Waals surface area contributed by atoms with Crippen molar-refractivity contribution in [1.82, 2.24) is 10.3 Å². The monoisotopic (exact) mass is 248 g/mol. The highest BCUT2D eigenvalue weighted by molar-refractivity contribution is 5.12. The molecular weight excluding hydrogens is 220 g/mol. The van der Waals surface area contributed by atoms with Gasteiger partial charge in [-0.25, -0.2) is 0 Å². The summed E-state index contributed by atoms with van der Waals surface area (Å²) in [4.78, 5) is 4.19. The minimum atomic E-state index is 0.376. The van der Waals surface area contributed by atoms with E-state index in [0.29, 0.717) is 12.1 Å². The zero-order valence-corrected chi connectivity index (χ0v) is 12.5. The molecule has 1 aromatic rings. The summed E-state index contributed by atoms with van der Waals surface area (Å²) in [7, 11) is 0. The lowest BCUT2D eigenvalue weighted by Gasteiger charge is -2.26. The van der Waals surface area contributed by atoms with Gasteiger partial charge < -0.3 is 5.32 Å². The van der Waals surface area contributed by atoms with Crippen LogP contribution in [0, 0.1) is 11.8 Å². The van der Waals surface area contributed by atoms with E-state index >= 15 is 0 Å². The number of hydrogen-bond donors (Lipinski definition) is 1. The molecule has 0 aliphatic carbocycles. The van der Waals surface area contributed by atoms with Gasteiger partial charge in [-0.2, -0.15) is 0 Å². The Kier molecular flexibility index (Phi) is 6.34. The Balaban J connectivity index is 2.59. The van der Waals surface area contributed by atoms with Crippen molar-refractivity contribution in [3.05, 3.63) is 30.1 Å². The van der Waals surface area contributed by atoms with Gasteiger partial charge in [-0.3, -0.25) is 4.98 Å². The smallest absolute Gasteiger partial charge is 0.0315 e. The van der Waals surface area contributed by atoms with Gasteiger partial charge in [-0.05, 0) is 43.2 Å². The molecule has 18 heavy (non-hydrogen) atoms. The molecule has 1 rings (SSSR count). The lowest BCUT2D eigenvalue weighted by molar-refractivity contribution is 0.335. The van der Waals surface area contributed by atoms with Gasteiger partial charge in [0.25, 0.3) is 0 Å². The number of pyridine rings is 1. The normalized spacial score (nSPS) is 13.6. The highest BCUT2D eigenvalue weighted by atomic mass is 14.9. The van der Waals surface area contributed by atoms with Crippen LogP contribution in [0.4, 0.5) is 0 Å². The molecule has 102 valence electrons. The van der Waals surface area contributed by atoms with Crippen molar-refractivity contribution in [3.8, 4) is 0 Å². The van der Waals surface area contributed by atoms with Crippen molar-refractivity contribution >= 4 is 0 Å². The first kappa shape index (κ1) is 15.2. The Hall–Kier alpha value is -0.890. The minimum Gasteiger partial charge on any atom is -0.307 e. The fourth-order valence-corrected chi connectivity index (χ4v) is 2.45. The third-order valence-electron chi connectivity index (χ3n) is 3.18. The van der Waals surface area contributed by atoms with Gasteiger partial charge >= 0.3 is 0 Å². The van der Waals surface area contributed by atoms with Gasteiger partial charge in [0.1, 0.15) is 0 Å². The Morgan fingerprint density at radius 3 is 2.11 bits per heavy atom. The molecule has 1 heterocycles. The second kappa shape index (κ2) is 7.52. The second-order valence-electron chi connectivity index (χ2n) is 6.13. The van der Waals surface area contributed by atoms with Crippen LogP contribution < -0.4 is 5.32 Å². The van der Waals surface area contributed by atoms with E-state index in [2.05, 4.69) is 51.0 Å². The van der Waals surface area contributed by atoms with Crippen molar-refractivity contribution in [2.24, 2.45) is 11.8 Å². The van der Waals surface area contributed by atoms with E-state index in [9.17, 15) is 0 Å². The first-order valence-corrected chi connectivity index (χ1v) is 7.15. The van der Waals surface area contributed by atoms with Gasteiger partial charge in [0.15, 0.2) is 0 Å². The van der Waals surface area contributed by atoms with Crippen molar-refractivity contribution in [3.63, 3.8) is 0 Å². The van der Waals surface area contributed by atoms with Gasteiger partial charge in [-0.1, -0.05) is 33.8 Å². The third-order valence-corrected chi connectivity index (χ3v) is 3.18. The Labute approximate surface area is 112 Å². The maximum absolute atomic E-state index is 4.19. The fourth-order valence-electron chi connectivity index (χ4n) is 2.45. The number of nitrogens with one attached hydrogen (secondary N) is 1. The predicted molar refractivity (Wildman–Crippen MR) is 78.5 cm³/mol. The van der Waals surface area contributed by atoms with E-state index in [0.717, 1.165) is 11.8 Å². The number of aromatic nitrogens is 1. The van der Waals surface area contributed by atoms with Crippen LogP contribution in [0.3, 0.4) is 0 Å². The van der Waals surface area contributed by atoms with Crippen LogP contribution in [0.1, 0.15) is 59.1 Å². The standard InChI is InChI=1S/C16H28N2/c1-12(2)9-16(10-13(3)4)18-14(5)15-7-6-8-17-11-15/h6-8,11-14,16,18H,9-10H2,1-5H3/t14-/m0/s1. The van der Waals surface area contributed by atoms with Crippen molar-refractivity contribution in [1.29, 1.82) is 0 Å². The van der Waals surface area contributed by atoms with Gasteiger partial charge in [0.05, 0.1) is 0 Å². The van der Waals surface area contributed by atoms with Gasteiger partial charge in [0, 0.05) is 24.5 Å². The number of hydrogen-bond acceptors (Lipinski definition) is 2. The van der Waals surface area contributed by atoms with Crippen LogP contribution >= 0.6 is 0 Å². The maximum Gasteiger partial charge on any atom is 0.0315 e. The molecule has 0 spiro atoms. The van der Waals surface area contributed by atoms with Crippen molar-refractivity contribution in [2.75, 3.05) is 0 Å². The zero-order valence-electron chi connectivity index (χ0n) is 12.5. The van der Waals surface area contributed by atoms with E-state index in [1.54, 1.807) is 0 Å². The summed E-state index contributed by atoms with van der Waals surface area (Å²) in [5.41, 5.74) is 1.27. The van der Waals surface area contributed by atoms with Crippen LogP contribution in [0.5, 0.6) is 0 Å². The van der Waals surface area contributed by atoms with E-state index < -0.39 is 0 Å². The average Bonchev–Trinajstić information content (AvgIpc) is 2.28. The number of rotatable bonds is 7. The Bertz CT molecular complexity index is 309. The minimum absolute atomic E-state index is 0.376. The molecule has 0 saturated carbocycles. The number of nitrogens with zero attached hydrogens (tertiary/aromatic N) is 1. The summed E-state index contributed by atoms with van der Waals surface area (Å²) < 4.78 is 0. The summed E-state index contributed by atoms with van der Waals surface area (Å²) in [6.07, 6.45) is 6.26. The summed E-state index contributed by atoms with van der Waals surface area (Å²) in [5, 5.41) is 3.76. The Morgan fingerprint density at radius 1 is 1.06 bits per heavy atom. The summed E-state index contributed by atoms with van der Waals surface area (Å²) >= 11 is 0. The molecule has 2 nitrogen and oxygen atoms in total. The van der Waals surface area contributed by atoms with Crippen molar-refractivity contribution in [2.45, 2.75) is 59.5 Å². The molecule has 0 amide bonds. The lowest BCUT2D eigenvalue weighted by atomic mass is 9.94. The van der Waals surface area contributed by atoms with E-state index in [1.165, 1.54) is 18.4 Å². The molecule has 0 aliphatic rings. The molecule has 0 aromatic carbocycles. The molecule has 2 heteroatoms. The molecule has 0 fully saturated rings. The maximum atomic E-state index is 4.19. The summed E-state index contributed by atoms with van der Waals surface area (Å²) in [6, 6.07) is 5.13. The van der Waals surface area contributed by atoms with Crippen LogP contribution in [-0.2, 0) is 0 Å². The molecule has 1 aromatic heterocycles. The van der Waals surface area contributed by atoms with E-state index in [4.69, 9.17) is 0 Å². The molecule has 0 bridgehead atoms.